The molecule has 2 N–H and O–H groups in total. The Hall–Kier alpha value is -2.71. The van der Waals surface area contributed by atoms with Crippen LogP contribution in [0.5, 0.6) is 0 Å². The van der Waals surface area contributed by atoms with Gasteiger partial charge in [-0.05, 0) is 61.9 Å². The van der Waals surface area contributed by atoms with E-state index in [-0.39, 0.29) is 23.6 Å². The summed E-state index contributed by atoms with van der Waals surface area (Å²) in [6.07, 6.45) is 1.95. The number of carbonyl (C=O) groups excluding carboxylic acids is 3. The van der Waals surface area contributed by atoms with Crippen LogP contribution in [0, 0.1) is 12.8 Å². The van der Waals surface area contributed by atoms with E-state index < -0.39 is 6.04 Å². The van der Waals surface area contributed by atoms with Gasteiger partial charge in [0, 0.05) is 49.0 Å². The van der Waals surface area contributed by atoms with Gasteiger partial charge in [0.2, 0.25) is 5.91 Å². The highest BCUT2D eigenvalue weighted by molar-refractivity contribution is 9.10. The molecule has 182 valence electrons. The van der Waals surface area contributed by atoms with Crippen molar-refractivity contribution in [3.8, 4) is 0 Å². The molecule has 1 aliphatic rings. The van der Waals surface area contributed by atoms with Gasteiger partial charge in [0.15, 0.2) is 0 Å². The highest BCUT2D eigenvalue weighted by atomic mass is 79.9. The number of nitrogens with zero attached hydrogens (tertiary/aromatic N) is 1. The summed E-state index contributed by atoms with van der Waals surface area (Å²) in [7, 11) is 1.62. The molecule has 3 rings (SSSR count). The van der Waals surface area contributed by atoms with Crippen LogP contribution in [0.4, 0.5) is 0 Å². The lowest BCUT2D eigenvalue weighted by atomic mass is 9.88. The Labute approximate surface area is 209 Å². The van der Waals surface area contributed by atoms with Gasteiger partial charge in [-0.3, -0.25) is 14.4 Å². The lowest BCUT2D eigenvalue weighted by Gasteiger charge is -2.36. The monoisotopic (exact) mass is 529 g/mol. The highest BCUT2D eigenvalue weighted by Crippen LogP contribution is 2.24. The third kappa shape index (κ3) is 6.90. The summed E-state index contributed by atoms with van der Waals surface area (Å²) in [5.74, 6) is -0.552. The normalized spacial score (nSPS) is 15.0. The third-order valence-electron chi connectivity index (χ3n) is 6.15. The van der Waals surface area contributed by atoms with Crippen LogP contribution in [0.15, 0.2) is 53.0 Å². The first-order chi connectivity index (χ1) is 16.4. The van der Waals surface area contributed by atoms with Crippen LogP contribution in [0.3, 0.4) is 0 Å². The summed E-state index contributed by atoms with van der Waals surface area (Å²) in [5, 5.41) is 5.91. The van der Waals surface area contributed by atoms with Crippen LogP contribution in [0.25, 0.3) is 0 Å². The molecule has 1 saturated heterocycles. The van der Waals surface area contributed by atoms with E-state index in [2.05, 4.69) is 26.6 Å². The zero-order chi connectivity index (χ0) is 24.5. The molecule has 0 spiro atoms. The first kappa shape index (κ1) is 25.9. The fourth-order valence-corrected chi connectivity index (χ4v) is 4.62. The Bertz CT molecular complexity index is 1010. The van der Waals surface area contributed by atoms with Crippen molar-refractivity contribution in [3.63, 3.8) is 0 Å². The van der Waals surface area contributed by atoms with Crippen LogP contribution < -0.4 is 10.6 Å². The van der Waals surface area contributed by atoms with Crippen LogP contribution >= 0.6 is 15.9 Å². The van der Waals surface area contributed by atoms with Crippen molar-refractivity contribution in [2.75, 3.05) is 33.4 Å². The number of ether oxygens (including phenoxy) is 1. The summed E-state index contributed by atoms with van der Waals surface area (Å²) in [6, 6.07) is 14.0. The Morgan fingerprint density at radius 2 is 1.85 bits per heavy atom. The Balaban J connectivity index is 1.68. The van der Waals surface area contributed by atoms with E-state index >= 15 is 0 Å². The molecule has 0 aliphatic carbocycles. The molecule has 1 atom stereocenters. The molecule has 0 radical (unpaired) electrons. The number of carbonyl (C=O) groups is 3. The maximum absolute atomic E-state index is 13.1. The molecule has 1 aliphatic heterocycles. The van der Waals surface area contributed by atoms with Gasteiger partial charge in [0.1, 0.15) is 6.04 Å². The van der Waals surface area contributed by atoms with E-state index in [1.54, 1.807) is 19.2 Å². The van der Waals surface area contributed by atoms with Gasteiger partial charge in [0.05, 0.1) is 0 Å². The van der Waals surface area contributed by atoms with Gasteiger partial charge in [-0.1, -0.05) is 40.2 Å². The van der Waals surface area contributed by atoms with Crippen molar-refractivity contribution in [2.45, 2.75) is 32.2 Å². The predicted octanol–water partition coefficient (Wildman–Crippen LogP) is 3.56. The molecule has 0 aromatic heterocycles. The molecule has 2 aromatic carbocycles. The van der Waals surface area contributed by atoms with E-state index in [0.29, 0.717) is 56.6 Å². The van der Waals surface area contributed by atoms with Crippen molar-refractivity contribution in [2.24, 2.45) is 5.92 Å². The van der Waals surface area contributed by atoms with Crippen LogP contribution in [0.2, 0.25) is 0 Å². The molecule has 7 nitrogen and oxygen atoms in total. The number of hydrogen-bond donors (Lipinski definition) is 2. The smallest absolute Gasteiger partial charge is 0.253 e. The molecule has 3 amide bonds. The molecule has 1 heterocycles. The molecule has 0 saturated carbocycles. The fourth-order valence-electron chi connectivity index (χ4n) is 4.22. The third-order valence-corrected chi connectivity index (χ3v) is 6.65. The zero-order valence-electron chi connectivity index (χ0n) is 19.7. The van der Waals surface area contributed by atoms with Crippen LogP contribution in [-0.2, 0) is 9.53 Å². The average Bonchev–Trinajstić information content (AvgIpc) is 2.85. The second kappa shape index (κ2) is 12.7. The number of methoxy groups -OCH3 is 1. The maximum Gasteiger partial charge on any atom is 0.253 e. The van der Waals surface area contributed by atoms with Gasteiger partial charge in [0.25, 0.3) is 11.8 Å². The largest absolute Gasteiger partial charge is 0.385 e. The molecule has 34 heavy (non-hydrogen) atoms. The molecule has 1 fully saturated rings. The van der Waals surface area contributed by atoms with E-state index in [0.717, 1.165) is 10.0 Å². The summed E-state index contributed by atoms with van der Waals surface area (Å²) < 4.78 is 5.91. The number of rotatable bonds is 9. The SMILES string of the molecule is COCCCNC(=O)[C@H](NC(=O)c1ccccc1C)C1CCN(C(=O)c2cccc(Br)c2)CC1. The number of likely N-dealkylation sites (tertiary alicyclic amines) is 1. The molecular formula is C26H32BrN3O4. The standard InChI is InChI=1S/C26H32BrN3O4/c1-18-7-3-4-10-22(18)24(31)29-23(25(32)28-13-6-16-34-2)19-11-14-30(15-12-19)26(33)20-8-5-9-21(27)17-20/h3-5,7-10,17,19,23H,6,11-16H2,1-2H3,(H,28,32)(H,29,31)/t23-/m1/s1. The van der Waals surface area contributed by atoms with Gasteiger partial charge in [-0.15, -0.1) is 0 Å². The fraction of sp³-hybridized carbons (Fsp3) is 0.423. The van der Waals surface area contributed by atoms with Gasteiger partial charge >= 0.3 is 0 Å². The zero-order valence-corrected chi connectivity index (χ0v) is 21.3. The summed E-state index contributed by atoms with van der Waals surface area (Å²) in [4.78, 5) is 40.8. The quantitative estimate of drug-likeness (QED) is 0.486. The van der Waals surface area contributed by atoms with Gasteiger partial charge in [-0.2, -0.15) is 0 Å². The lowest BCUT2D eigenvalue weighted by molar-refractivity contribution is -0.124. The number of amides is 3. The number of benzene rings is 2. The number of aryl methyl sites for hydroxylation is 1. The van der Waals surface area contributed by atoms with Crippen LogP contribution in [0.1, 0.15) is 45.5 Å². The Kier molecular flexibility index (Phi) is 9.65. The van der Waals surface area contributed by atoms with Crippen LogP contribution in [-0.4, -0.2) is 62.0 Å². The number of nitrogens with one attached hydrogen (secondary N) is 2. The lowest BCUT2D eigenvalue weighted by Crippen LogP contribution is -2.54. The minimum atomic E-state index is -0.669. The number of halogens is 1. The summed E-state index contributed by atoms with van der Waals surface area (Å²) in [6.45, 7) is 3.97. The topological polar surface area (TPSA) is 87.7 Å². The van der Waals surface area contributed by atoms with Gasteiger partial charge < -0.3 is 20.3 Å². The predicted molar refractivity (Wildman–Crippen MR) is 135 cm³/mol. The maximum atomic E-state index is 13.1. The number of hydrogen-bond acceptors (Lipinski definition) is 4. The minimum Gasteiger partial charge on any atom is -0.385 e. The summed E-state index contributed by atoms with van der Waals surface area (Å²) >= 11 is 3.41. The number of piperidine rings is 1. The minimum absolute atomic E-state index is 0.0238. The Morgan fingerprint density at radius 1 is 1.12 bits per heavy atom. The van der Waals surface area contributed by atoms with E-state index in [9.17, 15) is 14.4 Å². The van der Waals surface area contributed by atoms with E-state index in [1.165, 1.54) is 0 Å². The molecule has 0 bridgehead atoms. The summed E-state index contributed by atoms with van der Waals surface area (Å²) in [5.41, 5.74) is 2.05. The molecular weight excluding hydrogens is 498 g/mol. The highest BCUT2D eigenvalue weighted by Gasteiger charge is 2.34. The van der Waals surface area contributed by atoms with Crippen molar-refractivity contribution < 1.29 is 19.1 Å². The molecule has 0 unspecified atom stereocenters. The van der Waals surface area contributed by atoms with Crippen molar-refractivity contribution in [1.82, 2.24) is 15.5 Å². The first-order valence-electron chi connectivity index (χ1n) is 11.6. The van der Waals surface area contributed by atoms with E-state index in [1.807, 2.05) is 48.2 Å². The molecule has 2 aromatic rings. The first-order valence-corrected chi connectivity index (χ1v) is 12.4. The van der Waals surface area contributed by atoms with E-state index in [4.69, 9.17) is 4.74 Å². The Morgan fingerprint density at radius 3 is 2.53 bits per heavy atom. The average molecular weight is 530 g/mol. The second-order valence-electron chi connectivity index (χ2n) is 8.54. The second-order valence-corrected chi connectivity index (χ2v) is 9.46. The van der Waals surface area contributed by atoms with Crippen molar-refractivity contribution in [1.29, 1.82) is 0 Å². The van der Waals surface area contributed by atoms with Crippen molar-refractivity contribution in [3.05, 3.63) is 69.7 Å². The molecule has 8 heteroatoms. The van der Waals surface area contributed by atoms with Crippen molar-refractivity contribution >= 4 is 33.7 Å². The van der Waals surface area contributed by atoms with Gasteiger partial charge in [-0.25, -0.2) is 0 Å².